The Kier molecular flexibility index (Phi) is 6.56. The summed E-state index contributed by atoms with van der Waals surface area (Å²) in [5.74, 6) is -0.565. The van der Waals surface area contributed by atoms with Crippen LogP contribution in [0.3, 0.4) is 0 Å². The molecular weight excluding hydrogens is 454 g/mol. The summed E-state index contributed by atoms with van der Waals surface area (Å²) in [7, 11) is -6.78. The van der Waals surface area contributed by atoms with Gasteiger partial charge in [0.2, 0.25) is 0 Å². The number of anilines is 1. The molecule has 0 heterocycles. The van der Waals surface area contributed by atoms with Gasteiger partial charge in [-0.3, -0.25) is 4.79 Å². The zero-order valence-corrected chi connectivity index (χ0v) is 19.2. The highest BCUT2D eigenvalue weighted by molar-refractivity contribution is 8.10. The number of ketones is 1. The molecule has 8 nitrogen and oxygen atoms in total. The van der Waals surface area contributed by atoms with Gasteiger partial charge >= 0.3 is 0 Å². The van der Waals surface area contributed by atoms with E-state index >= 15 is 0 Å². The van der Waals surface area contributed by atoms with Crippen LogP contribution in [-0.4, -0.2) is 36.8 Å². The molecule has 0 bridgehead atoms. The predicted molar refractivity (Wildman–Crippen MR) is 119 cm³/mol. The number of sulfonamides is 2. The second-order valence-electron chi connectivity index (χ2n) is 6.62. The second-order valence-corrected chi connectivity index (χ2v) is 10.4. The molecule has 3 aromatic carbocycles. The maximum atomic E-state index is 13.7. The zero-order valence-electron chi connectivity index (χ0n) is 17.5. The monoisotopic (exact) mass is 475 g/mol. The van der Waals surface area contributed by atoms with Gasteiger partial charge in [-0.15, -0.1) is 0 Å². The van der Waals surface area contributed by atoms with E-state index in [0.29, 0.717) is 0 Å². The summed E-state index contributed by atoms with van der Waals surface area (Å²) in [6.07, 6.45) is 0. The molecule has 0 amide bonds. The first-order chi connectivity index (χ1) is 15.1. The first-order valence-corrected chi connectivity index (χ1v) is 12.2. The Balaban J connectivity index is 2.45. The van der Waals surface area contributed by atoms with Gasteiger partial charge in [-0.05, 0) is 43.3 Å². The molecule has 3 rings (SSSR count). The molecule has 0 spiro atoms. The topological polar surface area (TPSA) is 107 Å². The molecule has 0 N–H and O–H groups in total. The Morgan fingerprint density at radius 1 is 0.750 bits per heavy atom. The van der Waals surface area contributed by atoms with Gasteiger partial charge in [0, 0.05) is 5.56 Å². The molecule has 0 aliphatic carbocycles. The van der Waals surface area contributed by atoms with Crippen LogP contribution in [0.25, 0.3) is 0 Å². The fourth-order valence-corrected chi connectivity index (χ4v) is 6.77. The second kappa shape index (κ2) is 9.01. The Labute approximate surface area is 187 Å². The maximum Gasteiger partial charge on any atom is 0.277 e. The van der Waals surface area contributed by atoms with E-state index in [-0.39, 0.29) is 36.3 Å². The highest BCUT2D eigenvalue weighted by Crippen LogP contribution is 2.43. The molecule has 3 aromatic rings. The Bertz CT molecular complexity index is 1270. The van der Waals surface area contributed by atoms with Gasteiger partial charge in [0.15, 0.2) is 17.3 Å². The highest BCUT2D eigenvalue weighted by Gasteiger charge is 2.39. The minimum Gasteiger partial charge on any atom is -0.493 e. The molecule has 0 saturated carbocycles. The summed E-state index contributed by atoms with van der Waals surface area (Å²) in [4.78, 5) is 11.6. The Morgan fingerprint density at radius 3 is 1.59 bits per heavy atom. The zero-order chi connectivity index (χ0) is 23.5. The Hall–Kier alpha value is -3.37. The van der Waals surface area contributed by atoms with E-state index < -0.39 is 25.8 Å². The molecule has 0 aromatic heterocycles. The molecule has 0 aliphatic rings. The van der Waals surface area contributed by atoms with Crippen molar-refractivity contribution in [3.8, 4) is 11.5 Å². The number of carbonyl (C=O) groups excluding carboxylic acids is 1. The third-order valence-corrected chi connectivity index (χ3v) is 8.76. The number of methoxy groups -OCH3 is 2. The average Bonchev–Trinajstić information content (AvgIpc) is 2.79. The lowest BCUT2D eigenvalue weighted by Crippen LogP contribution is -2.37. The van der Waals surface area contributed by atoms with Gasteiger partial charge < -0.3 is 9.47 Å². The van der Waals surface area contributed by atoms with E-state index in [2.05, 4.69) is 0 Å². The van der Waals surface area contributed by atoms with Crippen LogP contribution in [0.15, 0.2) is 82.6 Å². The molecule has 0 aliphatic heterocycles. The van der Waals surface area contributed by atoms with E-state index in [1.165, 1.54) is 75.7 Å². The maximum absolute atomic E-state index is 13.7. The predicted octanol–water partition coefficient (Wildman–Crippen LogP) is 3.49. The van der Waals surface area contributed by atoms with Crippen LogP contribution >= 0.6 is 0 Å². The largest absolute Gasteiger partial charge is 0.493 e. The fraction of sp³-hybridized carbons (Fsp3) is 0.136. The first kappa shape index (κ1) is 23.3. The summed E-state index contributed by atoms with van der Waals surface area (Å²) < 4.78 is 65.5. The smallest absolute Gasteiger partial charge is 0.277 e. The minimum absolute atomic E-state index is 0.00623. The number of rotatable bonds is 8. The van der Waals surface area contributed by atoms with Crippen molar-refractivity contribution in [1.29, 1.82) is 0 Å². The van der Waals surface area contributed by atoms with Crippen molar-refractivity contribution in [2.75, 3.05) is 17.9 Å². The molecule has 0 fully saturated rings. The molecule has 10 heteroatoms. The quantitative estimate of drug-likeness (QED) is 0.459. The van der Waals surface area contributed by atoms with E-state index in [4.69, 9.17) is 9.47 Å². The summed E-state index contributed by atoms with van der Waals surface area (Å²) in [5, 5.41) is 0. The van der Waals surface area contributed by atoms with Crippen LogP contribution < -0.4 is 13.2 Å². The number of benzene rings is 3. The van der Waals surface area contributed by atoms with Crippen LogP contribution in [0.1, 0.15) is 17.3 Å². The highest BCUT2D eigenvalue weighted by atomic mass is 32.3. The summed E-state index contributed by atoms with van der Waals surface area (Å²) in [5.41, 5.74) is -0.320. The summed E-state index contributed by atoms with van der Waals surface area (Å²) in [6, 6.07) is 16.7. The lowest BCUT2D eigenvalue weighted by Gasteiger charge is -2.26. The SMILES string of the molecule is COc1cc(C(C)=O)cc(N(S(=O)(=O)c2ccccc2)S(=O)(=O)c2ccccc2)c1OC. The van der Waals surface area contributed by atoms with Gasteiger partial charge in [0.05, 0.1) is 24.0 Å². The fourth-order valence-electron chi connectivity index (χ4n) is 3.05. The summed E-state index contributed by atoms with van der Waals surface area (Å²) in [6.45, 7) is 1.27. The number of carbonyl (C=O) groups is 1. The van der Waals surface area contributed by atoms with Crippen molar-refractivity contribution in [2.24, 2.45) is 0 Å². The van der Waals surface area contributed by atoms with Crippen LogP contribution in [0.5, 0.6) is 11.5 Å². The lowest BCUT2D eigenvalue weighted by atomic mass is 10.1. The number of nitrogens with zero attached hydrogens (tertiary/aromatic N) is 1. The molecule has 32 heavy (non-hydrogen) atoms. The standard InChI is InChI=1S/C22H21NO7S2/c1-16(24)17-14-20(22(30-3)21(15-17)29-2)23(31(25,26)18-10-6-4-7-11-18)32(27,28)19-12-8-5-9-13-19/h4-15H,1-3H3. The van der Waals surface area contributed by atoms with Crippen molar-refractivity contribution in [2.45, 2.75) is 16.7 Å². The van der Waals surface area contributed by atoms with Crippen LogP contribution in [0, 0.1) is 0 Å². The van der Waals surface area contributed by atoms with Crippen molar-refractivity contribution in [3.05, 3.63) is 78.4 Å². The van der Waals surface area contributed by atoms with Crippen molar-refractivity contribution >= 4 is 31.5 Å². The van der Waals surface area contributed by atoms with E-state index in [0.717, 1.165) is 6.07 Å². The Morgan fingerprint density at radius 2 is 1.22 bits per heavy atom. The van der Waals surface area contributed by atoms with Crippen LogP contribution in [-0.2, 0) is 20.0 Å². The van der Waals surface area contributed by atoms with Gasteiger partial charge in [-0.1, -0.05) is 36.4 Å². The number of ether oxygens (including phenoxy) is 2. The summed E-state index contributed by atoms with van der Waals surface area (Å²) >= 11 is 0. The van der Waals surface area contributed by atoms with Gasteiger partial charge in [-0.2, -0.15) is 3.71 Å². The van der Waals surface area contributed by atoms with Crippen LogP contribution in [0.2, 0.25) is 0 Å². The molecule has 168 valence electrons. The van der Waals surface area contributed by atoms with Crippen LogP contribution in [0.4, 0.5) is 5.69 Å². The third kappa shape index (κ3) is 4.19. The van der Waals surface area contributed by atoms with E-state index in [9.17, 15) is 21.6 Å². The minimum atomic E-state index is -4.66. The van der Waals surface area contributed by atoms with Crippen molar-refractivity contribution in [1.82, 2.24) is 0 Å². The lowest BCUT2D eigenvalue weighted by molar-refractivity contribution is 0.101. The first-order valence-electron chi connectivity index (χ1n) is 9.32. The number of hydrogen-bond donors (Lipinski definition) is 0. The van der Waals surface area contributed by atoms with E-state index in [1.54, 1.807) is 12.1 Å². The third-order valence-electron chi connectivity index (χ3n) is 4.58. The molecule has 0 saturated heterocycles. The molecule has 0 unspecified atom stereocenters. The number of Topliss-reactive ketones (excluding diaryl/α,β-unsaturated/α-hetero) is 1. The molecule has 0 radical (unpaired) electrons. The van der Waals surface area contributed by atoms with Crippen molar-refractivity contribution < 1.29 is 31.1 Å². The van der Waals surface area contributed by atoms with Gasteiger partial charge in [0.1, 0.15) is 5.69 Å². The average molecular weight is 476 g/mol. The van der Waals surface area contributed by atoms with Crippen molar-refractivity contribution in [3.63, 3.8) is 0 Å². The molecule has 0 atom stereocenters. The van der Waals surface area contributed by atoms with Gasteiger partial charge in [-0.25, -0.2) is 16.8 Å². The number of hydrogen-bond acceptors (Lipinski definition) is 7. The normalized spacial score (nSPS) is 11.6. The van der Waals surface area contributed by atoms with Gasteiger partial charge in [0.25, 0.3) is 20.0 Å². The molecular formula is C22H21NO7S2. The van der Waals surface area contributed by atoms with E-state index in [1.807, 2.05) is 0 Å².